The first kappa shape index (κ1) is 23.6. The molecule has 0 saturated heterocycles. The average molecular weight is 469 g/mol. The van der Waals surface area contributed by atoms with Crippen molar-refractivity contribution >= 4 is 45.6 Å². The predicted molar refractivity (Wildman–Crippen MR) is 117 cm³/mol. The Morgan fingerprint density at radius 2 is 1.90 bits per heavy atom. The maximum atomic E-state index is 14.4. The van der Waals surface area contributed by atoms with Crippen molar-refractivity contribution in [1.29, 1.82) is 0 Å². The Kier molecular flexibility index (Phi) is 7.79. The van der Waals surface area contributed by atoms with E-state index in [0.717, 1.165) is 12.1 Å². The van der Waals surface area contributed by atoms with Crippen LogP contribution in [0.3, 0.4) is 0 Å². The number of hydrogen-bond donors (Lipinski definition) is 1. The Balaban J connectivity index is 2.36. The zero-order valence-electron chi connectivity index (χ0n) is 15.9. The zero-order valence-corrected chi connectivity index (χ0v) is 18.3. The van der Waals surface area contributed by atoms with Gasteiger partial charge in [0.2, 0.25) is 0 Å². The normalized spacial score (nSPS) is 12.2. The lowest BCUT2D eigenvalue weighted by Crippen LogP contribution is -2.16. The maximum absolute atomic E-state index is 14.4. The fourth-order valence-corrected chi connectivity index (χ4v) is 4.16. The summed E-state index contributed by atoms with van der Waals surface area (Å²) in [6, 6.07) is 6.08. The topological polar surface area (TPSA) is 58.5 Å². The highest BCUT2D eigenvalue weighted by Gasteiger charge is 2.22. The fourth-order valence-electron chi connectivity index (χ4n) is 2.35. The Bertz CT molecular complexity index is 1200. The number of rotatable bonds is 5. The second kappa shape index (κ2) is 9.90. The second-order valence-electron chi connectivity index (χ2n) is 6.06. The minimum atomic E-state index is -4.26. The summed E-state index contributed by atoms with van der Waals surface area (Å²) < 4.78 is 56.0. The lowest BCUT2D eigenvalue weighted by Gasteiger charge is -2.12. The Labute approximate surface area is 184 Å². The Hall–Kier alpha value is -2.66. The molecule has 0 saturated carbocycles. The zero-order chi connectivity index (χ0) is 22.5. The molecule has 0 radical (unpaired) electrons. The summed E-state index contributed by atoms with van der Waals surface area (Å²) in [5.74, 6) is 3.05. The molecular weight excluding hydrogens is 453 g/mol. The largest absolute Gasteiger partial charge is 0.274 e. The van der Waals surface area contributed by atoms with Crippen molar-refractivity contribution in [3.8, 4) is 11.8 Å². The van der Waals surface area contributed by atoms with Crippen molar-refractivity contribution in [2.75, 3.05) is 4.72 Å². The third-order valence-corrected chi connectivity index (χ3v) is 5.87. The van der Waals surface area contributed by atoms with Gasteiger partial charge in [-0.15, -0.1) is 0 Å². The van der Waals surface area contributed by atoms with E-state index in [2.05, 4.69) is 23.6 Å². The summed E-state index contributed by atoms with van der Waals surface area (Å²) in [6.45, 7) is 6.41. The lowest BCUT2D eigenvalue weighted by molar-refractivity contribution is 0.582. The molecule has 9 heteroatoms. The van der Waals surface area contributed by atoms with Gasteiger partial charge in [0.1, 0.15) is 5.69 Å². The van der Waals surface area contributed by atoms with E-state index in [1.165, 1.54) is 37.4 Å². The molecule has 0 atom stereocenters. The van der Waals surface area contributed by atoms with Gasteiger partial charge in [0.15, 0.2) is 11.6 Å². The molecule has 2 aromatic rings. The van der Waals surface area contributed by atoms with Gasteiger partial charge in [0.25, 0.3) is 10.0 Å². The number of anilines is 1. The first-order valence-electron chi connectivity index (χ1n) is 8.34. The van der Waals surface area contributed by atoms with Gasteiger partial charge in [0, 0.05) is 22.4 Å². The van der Waals surface area contributed by atoms with Crippen molar-refractivity contribution in [3.05, 3.63) is 81.0 Å². The van der Waals surface area contributed by atoms with Crippen LogP contribution >= 0.6 is 23.2 Å². The smallest absolute Gasteiger partial charge is 0.262 e. The summed E-state index contributed by atoms with van der Waals surface area (Å²) in [4.78, 5) is 3.32. The first-order chi connectivity index (χ1) is 14.0. The van der Waals surface area contributed by atoms with Crippen LogP contribution in [0, 0.1) is 30.4 Å². The van der Waals surface area contributed by atoms with Gasteiger partial charge in [0.05, 0.1) is 9.93 Å². The predicted octanol–water partition coefficient (Wildman–Crippen LogP) is 5.81. The molecule has 0 spiro atoms. The molecule has 1 N–H and O–H groups in total. The van der Waals surface area contributed by atoms with Crippen LogP contribution < -0.4 is 4.72 Å². The molecular formula is C21H16Cl2F2N2O2S. The molecule has 0 unspecified atom stereocenters. The van der Waals surface area contributed by atoms with Gasteiger partial charge in [-0.1, -0.05) is 41.1 Å². The highest BCUT2D eigenvalue weighted by Crippen LogP contribution is 2.27. The van der Waals surface area contributed by atoms with E-state index < -0.39 is 27.3 Å². The highest BCUT2D eigenvalue weighted by molar-refractivity contribution is 7.92. The van der Waals surface area contributed by atoms with Crippen LogP contribution in [0.5, 0.6) is 0 Å². The molecule has 156 valence electrons. The fraction of sp³-hybridized carbons (Fsp3) is 0.0952. The molecule has 30 heavy (non-hydrogen) atoms. The quantitative estimate of drug-likeness (QED) is 0.342. The molecule has 0 aliphatic heterocycles. The van der Waals surface area contributed by atoms with Crippen LogP contribution in [0.4, 0.5) is 14.5 Å². The van der Waals surface area contributed by atoms with Gasteiger partial charge in [-0.25, -0.2) is 17.2 Å². The third-order valence-electron chi connectivity index (χ3n) is 3.76. The number of nitrogens with zero attached hydrogens (tertiary/aromatic N) is 1. The van der Waals surface area contributed by atoms with Crippen LogP contribution in [-0.2, 0) is 10.0 Å². The maximum Gasteiger partial charge on any atom is 0.262 e. The Morgan fingerprint density at radius 1 is 1.27 bits per heavy atom. The third kappa shape index (κ3) is 5.92. The van der Waals surface area contributed by atoms with Gasteiger partial charge in [-0.2, -0.15) is 0 Å². The summed E-state index contributed by atoms with van der Waals surface area (Å²) in [7, 11) is -4.26. The number of benzene rings is 2. The molecule has 0 amide bonds. The van der Waals surface area contributed by atoms with Crippen molar-refractivity contribution < 1.29 is 17.2 Å². The van der Waals surface area contributed by atoms with Crippen LogP contribution in [-0.4, -0.2) is 15.1 Å². The van der Waals surface area contributed by atoms with Crippen LogP contribution in [0.1, 0.15) is 18.1 Å². The van der Waals surface area contributed by atoms with Crippen molar-refractivity contribution in [2.45, 2.75) is 18.7 Å². The number of aliphatic imine (C=N–C) groups is 1. The van der Waals surface area contributed by atoms with E-state index in [1.807, 2.05) is 4.72 Å². The van der Waals surface area contributed by atoms with E-state index in [9.17, 15) is 17.2 Å². The molecule has 2 aromatic carbocycles. The minimum Gasteiger partial charge on any atom is -0.274 e. The number of nitrogens with one attached hydrogen (secondary N) is 1. The molecule has 4 nitrogen and oxygen atoms in total. The summed E-state index contributed by atoms with van der Waals surface area (Å²) >= 11 is 11.8. The van der Waals surface area contributed by atoms with Crippen LogP contribution in [0.15, 0.2) is 63.1 Å². The Morgan fingerprint density at radius 3 is 2.50 bits per heavy atom. The molecule has 0 aliphatic rings. The molecule has 0 aromatic heterocycles. The summed E-state index contributed by atoms with van der Waals surface area (Å²) in [5, 5.41) is 0.502. The summed E-state index contributed by atoms with van der Waals surface area (Å²) in [5.41, 5.74) is -0.0182. The van der Waals surface area contributed by atoms with Gasteiger partial charge >= 0.3 is 0 Å². The van der Waals surface area contributed by atoms with Crippen molar-refractivity contribution in [1.82, 2.24) is 0 Å². The lowest BCUT2D eigenvalue weighted by atomic mass is 10.1. The van der Waals surface area contributed by atoms with Crippen LogP contribution in [0.2, 0.25) is 5.02 Å². The monoisotopic (exact) mass is 468 g/mol. The van der Waals surface area contributed by atoms with Crippen molar-refractivity contribution in [2.24, 2.45) is 4.99 Å². The number of sulfonamides is 1. The summed E-state index contributed by atoms with van der Waals surface area (Å²) in [6.07, 6.45) is 2.82. The van der Waals surface area contributed by atoms with Crippen LogP contribution in [0.25, 0.3) is 0 Å². The van der Waals surface area contributed by atoms with E-state index in [4.69, 9.17) is 23.2 Å². The minimum absolute atomic E-state index is 0.0154. The van der Waals surface area contributed by atoms with E-state index in [1.54, 1.807) is 6.92 Å². The average Bonchev–Trinajstić information content (AvgIpc) is 2.65. The SMILES string of the molecule is C=N/C=C(Cl)\C=C(/C)C#Cc1cc(F)c(NS(=O)(=O)c2cccc(Cl)c2C)c(F)c1. The van der Waals surface area contributed by atoms with E-state index in [0.29, 0.717) is 5.57 Å². The molecule has 0 aliphatic carbocycles. The van der Waals surface area contributed by atoms with Gasteiger partial charge < -0.3 is 0 Å². The van der Waals surface area contributed by atoms with Gasteiger partial charge in [-0.3, -0.25) is 9.71 Å². The first-order valence-corrected chi connectivity index (χ1v) is 10.6. The molecule has 0 bridgehead atoms. The molecule has 0 fully saturated rings. The van der Waals surface area contributed by atoms with E-state index in [-0.39, 0.29) is 26.1 Å². The molecule has 0 heterocycles. The number of halogens is 4. The standard InChI is InChI=1S/C21H16Cl2F2N2O2S/c1-13(9-16(22)12-26-3)7-8-15-10-18(24)21(19(25)11-15)27-30(28,29)20-6-4-5-17(23)14(20)2/h4-6,9-12,27H,3H2,1-2H3/b13-9+,16-12+. The van der Waals surface area contributed by atoms with E-state index >= 15 is 0 Å². The molecule has 2 rings (SSSR count). The second-order valence-corrected chi connectivity index (χ2v) is 8.55. The highest BCUT2D eigenvalue weighted by atomic mass is 35.5. The van der Waals surface area contributed by atoms with Crippen molar-refractivity contribution in [3.63, 3.8) is 0 Å². The van der Waals surface area contributed by atoms with Gasteiger partial charge in [-0.05, 0) is 56.5 Å². The number of allylic oxidation sites excluding steroid dienone is 3. The number of hydrogen-bond acceptors (Lipinski definition) is 3.